The predicted octanol–water partition coefficient (Wildman–Crippen LogP) is 13.7. The Morgan fingerprint density at radius 1 is 0.780 bits per heavy atom. The van der Waals surface area contributed by atoms with Crippen LogP contribution in [0.3, 0.4) is 0 Å². The topological polar surface area (TPSA) is 282 Å². The van der Waals surface area contributed by atoms with Gasteiger partial charge in [0.25, 0.3) is 11.7 Å². The third kappa shape index (κ3) is 18.0. The van der Waals surface area contributed by atoms with Crippen LogP contribution in [-0.4, -0.2) is 161 Å². The summed E-state index contributed by atoms with van der Waals surface area (Å²) in [5.74, 6) is -9.86. The second-order valence-corrected chi connectivity index (χ2v) is 41.2. The number of hydrogen-bond donors (Lipinski definition) is 4. The number of Topliss-reactive ketones (excluding diaryl/α,β-unsaturated/α-hetero) is 2. The van der Waals surface area contributed by atoms with Gasteiger partial charge in [-0.1, -0.05) is 98.2 Å². The number of nitrogens with one attached hydrogen (secondary N) is 1. The Kier molecular flexibility index (Phi) is 25.8. The second kappa shape index (κ2) is 32.5. The van der Waals surface area contributed by atoms with E-state index in [1.807, 2.05) is 33.8 Å². The molecule has 3 unspecified atom stereocenters. The molecule has 1 saturated carbocycles. The van der Waals surface area contributed by atoms with E-state index < -0.39 is 106 Å². The number of piperidine rings is 1. The molecule has 2 bridgehead atoms. The number of aliphatic hydroxyl groups is 1. The minimum absolute atomic E-state index is 0.00582. The minimum atomic E-state index is -2.81. The number of cyclic esters (lactones) is 1. The normalized spacial score (nSPS) is 29.1. The van der Waals surface area contributed by atoms with Crippen molar-refractivity contribution in [1.82, 2.24) is 10.2 Å². The van der Waals surface area contributed by atoms with Crippen LogP contribution in [0.2, 0.25) is 36.3 Å². The standard InChI is InChI=1S/C77H110N2O19Si2/c1-44-35-45(2)37-64(91-13)69-65(92-14)39-47(4)77(89,96-69)70(83)71(84)79-33-22-21-25-57(79)73(87)95-67(46(3)38-49-26-31-60(63(40-49)90-12)97-99(15,16)75(6,7)8)48(5)61(98-100(17,18)76(9,10)11)42-59(82)50(36-44)32-34-93-74(88)78-43-56-58(81)30-29-55-66(52-23-19-20-24-53(52)72(85)86)54-28-27-51(80)41-62(54)94-68(55)56/h19-20,23-24,27-30,36,38,41,45,47-50,57,60-61,63-65,67,69,81,89H,21-22,25-26,31-35,37,39-40,42-43H2,1-18H3,(H,78,88)(H,85,86)/b44-36+,46-38+/t45-,47+,48+,49?,50+,57?,60+,61-,63+,64-,65-,67?,69+,77+/m0/s1. The van der Waals surface area contributed by atoms with Crippen LogP contribution in [0.25, 0.3) is 33.4 Å². The van der Waals surface area contributed by atoms with Gasteiger partial charge in [-0.25, -0.2) is 14.4 Å². The highest BCUT2D eigenvalue weighted by Crippen LogP contribution is 2.47. The number of rotatable bonds is 16. The summed E-state index contributed by atoms with van der Waals surface area (Å²) < 4.78 is 58.2. The molecule has 8 rings (SSSR count). The Morgan fingerprint density at radius 2 is 1.43 bits per heavy atom. The molecule has 23 heteroatoms. The Morgan fingerprint density at radius 3 is 2.08 bits per heavy atom. The lowest BCUT2D eigenvalue weighted by Crippen LogP contribution is -2.64. The molecule has 100 heavy (non-hydrogen) atoms. The van der Waals surface area contributed by atoms with E-state index in [1.54, 1.807) is 44.4 Å². The molecule has 2 amide bonds. The zero-order valence-corrected chi connectivity index (χ0v) is 64.1. The van der Waals surface area contributed by atoms with Crippen LogP contribution in [0.5, 0.6) is 5.75 Å². The van der Waals surface area contributed by atoms with E-state index in [2.05, 4.69) is 79.1 Å². The van der Waals surface area contributed by atoms with Crippen LogP contribution in [0.4, 0.5) is 4.79 Å². The van der Waals surface area contributed by atoms with Crippen molar-refractivity contribution in [3.8, 4) is 28.2 Å². The predicted molar refractivity (Wildman–Crippen MR) is 386 cm³/mol. The van der Waals surface area contributed by atoms with Gasteiger partial charge in [-0.3, -0.25) is 19.2 Å². The number of phenols is 1. The zero-order valence-electron chi connectivity index (χ0n) is 62.1. The number of allylic oxidation sites excluding steroid dienone is 3. The number of carbonyl (C=O) groups is 6. The molecular weight excluding hydrogens is 1310 g/mol. The molecule has 550 valence electrons. The molecule has 4 aliphatic heterocycles. The number of fused-ring (bicyclic) bond motifs is 5. The second-order valence-electron chi connectivity index (χ2n) is 31.6. The van der Waals surface area contributed by atoms with Gasteiger partial charge in [-0.05, 0) is 168 Å². The highest BCUT2D eigenvalue weighted by molar-refractivity contribution is 6.74. The van der Waals surface area contributed by atoms with Crippen LogP contribution < -0.4 is 10.7 Å². The van der Waals surface area contributed by atoms with Crippen molar-refractivity contribution in [2.45, 2.75) is 244 Å². The lowest BCUT2D eigenvalue weighted by Gasteiger charge is -2.47. The third-order valence-corrected chi connectivity index (χ3v) is 31.3. The molecular formula is C77H110N2O19Si2. The fourth-order valence-electron chi connectivity index (χ4n) is 14.5. The molecule has 2 aromatic rings. The monoisotopic (exact) mass is 1420 g/mol. The largest absolute Gasteiger partial charge is 0.507 e. The van der Waals surface area contributed by atoms with Crippen LogP contribution in [0.15, 0.2) is 87.1 Å². The van der Waals surface area contributed by atoms with Gasteiger partial charge >= 0.3 is 18.0 Å². The van der Waals surface area contributed by atoms with Gasteiger partial charge in [0.2, 0.25) is 5.79 Å². The number of aromatic hydroxyl groups is 1. The number of ether oxygens (including phenoxy) is 6. The lowest BCUT2D eigenvalue weighted by molar-refractivity contribution is -0.302. The molecule has 0 aromatic heterocycles. The summed E-state index contributed by atoms with van der Waals surface area (Å²) in [6, 6.07) is 12.4. The van der Waals surface area contributed by atoms with Gasteiger partial charge in [-0.15, -0.1) is 0 Å². The van der Waals surface area contributed by atoms with Gasteiger partial charge in [0, 0.05) is 74.6 Å². The number of alkyl carbamates (subject to hydrolysis) is 1. The Bertz CT molecular complexity index is 3700. The first-order valence-electron chi connectivity index (χ1n) is 35.6. The first-order valence-corrected chi connectivity index (χ1v) is 41.4. The summed E-state index contributed by atoms with van der Waals surface area (Å²) in [6.45, 7) is 30.5. The lowest BCUT2D eigenvalue weighted by atomic mass is 9.81. The number of aromatic carboxylic acids is 1. The molecule has 14 atom stereocenters. The number of hydrogen-bond acceptors (Lipinski definition) is 18. The van der Waals surface area contributed by atoms with Crippen LogP contribution in [0.1, 0.15) is 163 Å². The number of ketones is 2. The van der Waals surface area contributed by atoms with E-state index in [-0.39, 0.29) is 119 Å². The molecule has 21 nitrogen and oxygen atoms in total. The Balaban J connectivity index is 1.17. The van der Waals surface area contributed by atoms with Crippen LogP contribution in [-0.2, 0) is 63.0 Å². The maximum absolute atomic E-state index is 15.8. The Hall–Kier alpha value is -6.42. The summed E-state index contributed by atoms with van der Waals surface area (Å²) in [6.07, 6.45) is 2.53. The van der Waals surface area contributed by atoms with Gasteiger partial charge < -0.3 is 67.2 Å². The smallest absolute Gasteiger partial charge is 0.407 e. The maximum atomic E-state index is 15.8. The third-order valence-electron chi connectivity index (χ3n) is 22.3. The number of amides is 2. The van der Waals surface area contributed by atoms with Crippen molar-refractivity contribution in [3.05, 3.63) is 99.2 Å². The zero-order chi connectivity index (χ0) is 73.7. The average molecular weight is 1420 g/mol. The molecule has 3 fully saturated rings. The fraction of sp³-hybridized carbons (Fsp3) is 0.623. The summed E-state index contributed by atoms with van der Waals surface area (Å²) in [7, 11) is -0.281. The van der Waals surface area contributed by atoms with Crippen molar-refractivity contribution < 1.29 is 85.8 Å². The van der Waals surface area contributed by atoms with Crippen molar-refractivity contribution >= 4 is 63.1 Å². The molecule has 4 N–H and O–H groups in total. The summed E-state index contributed by atoms with van der Waals surface area (Å²) >= 11 is 0. The van der Waals surface area contributed by atoms with E-state index in [4.69, 9.17) is 41.7 Å². The van der Waals surface area contributed by atoms with E-state index in [1.165, 1.54) is 43.4 Å². The number of benzene rings is 3. The van der Waals surface area contributed by atoms with Gasteiger partial charge in [-0.2, -0.15) is 0 Å². The summed E-state index contributed by atoms with van der Waals surface area (Å²) in [5.41, 5.74) is 2.59. The molecule has 6 aliphatic rings. The van der Waals surface area contributed by atoms with Crippen molar-refractivity contribution in [2.75, 3.05) is 34.5 Å². The SMILES string of the molecule is CO[C@H]1C[C@@H](C)C/C(C)=C/[C@@H](CCOC(=O)NCc2c(O)ccc3c(-c4ccccc4C(=O)O)c4ccc(=O)cc-4oc23)C(=O)C[C@H](O[Si](C)(C)C(C)(C)C)[C@@H](C)C(/C(C)=C/C2CC[C@@H](O[Si](C)(C)C(C)(C)C)[C@H](OC)C2)OC(=O)C2CCCCN2C(=O)C(=O)[C@]2(O)O[C@H]1[C@@H](OC)C[C@H]2C. The molecule has 4 heterocycles. The quantitative estimate of drug-likeness (QED) is 0.0267. The van der Waals surface area contributed by atoms with E-state index in [0.717, 1.165) is 18.4 Å². The van der Waals surface area contributed by atoms with E-state index in [0.29, 0.717) is 59.8 Å². The fourth-order valence-corrected chi connectivity index (χ4v) is 17.3. The van der Waals surface area contributed by atoms with E-state index >= 15 is 9.59 Å². The van der Waals surface area contributed by atoms with Gasteiger partial charge in [0.15, 0.2) is 22.1 Å². The first-order chi connectivity index (χ1) is 46.8. The molecule has 2 saturated heterocycles. The average Bonchev–Trinajstić information content (AvgIpc) is 0.745. The molecule has 0 spiro atoms. The van der Waals surface area contributed by atoms with Crippen molar-refractivity contribution in [2.24, 2.45) is 29.6 Å². The number of phenolic OH excluding ortho intramolecular Hbond substituents is 1. The number of nitrogens with zero attached hydrogens (tertiary/aromatic N) is 1. The van der Waals surface area contributed by atoms with Crippen molar-refractivity contribution in [1.29, 1.82) is 0 Å². The molecule has 2 aromatic carbocycles. The molecule has 0 radical (unpaired) electrons. The van der Waals surface area contributed by atoms with Gasteiger partial charge in [0.05, 0.1) is 54.8 Å². The molecule has 2 aliphatic carbocycles. The summed E-state index contributed by atoms with van der Waals surface area (Å²) in [5, 5.41) is 37.0. The Labute approximate surface area is 592 Å². The van der Waals surface area contributed by atoms with E-state index in [9.17, 15) is 39.3 Å². The highest BCUT2D eigenvalue weighted by Gasteiger charge is 2.57. The minimum Gasteiger partial charge on any atom is -0.507 e. The highest BCUT2D eigenvalue weighted by atomic mass is 28.4. The number of esters is 1. The number of methoxy groups -OCH3 is 3. The van der Waals surface area contributed by atoms with Crippen LogP contribution in [0, 0.1) is 29.6 Å². The maximum Gasteiger partial charge on any atom is 0.407 e. The van der Waals surface area contributed by atoms with Crippen LogP contribution >= 0.6 is 0 Å². The first kappa shape index (κ1) is 79.3. The number of carboxylic acid groups (broad SMARTS) is 1. The van der Waals surface area contributed by atoms with Gasteiger partial charge in [0.1, 0.15) is 41.1 Å². The number of carboxylic acids is 1. The number of carbonyl (C=O) groups excluding carboxylic acids is 5. The van der Waals surface area contributed by atoms with Crippen molar-refractivity contribution in [3.63, 3.8) is 0 Å². The summed E-state index contributed by atoms with van der Waals surface area (Å²) in [4.78, 5) is 102.